The largest absolute Gasteiger partial charge is 0.338 e. The summed E-state index contributed by atoms with van der Waals surface area (Å²) in [5.74, 6) is 0.891. The molecular formula is C14H17ClN2O. The van der Waals surface area contributed by atoms with Crippen LogP contribution in [0.3, 0.4) is 0 Å². The van der Waals surface area contributed by atoms with E-state index in [1.54, 1.807) is 0 Å². The van der Waals surface area contributed by atoms with E-state index >= 15 is 0 Å². The Morgan fingerprint density at radius 3 is 3.17 bits per heavy atom. The van der Waals surface area contributed by atoms with Crippen LogP contribution in [0.2, 0.25) is 5.02 Å². The molecule has 0 spiro atoms. The zero-order valence-electron chi connectivity index (χ0n) is 10.2. The van der Waals surface area contributed by atoms with Crippen LogP contribution < -0.4 is 5.32 Å². The second-order valence-electron chi connectivity index (χ2n) is 5.17. The first kappa shape index (κ1) is 12.0. The molecule has 2 aliphatic heterocycles. The molecule has 1 aromatic carbocycles. The molecule has 2 fully saturated rings. The average Bonchev–Trinajstić information content (AvgIpc) is 2.89. The number of halogens is 1. The van der Waals surface area contributed by atoms with E-state index in [9.17, 15) is 4.79 Å². The maximum absolute atomic E-state index is 12.3. The molecule has 3 nitrogen and oxygen atoms in total. The van der Waals surface area contributed by atoms with Crippen molar-refractivity contribution in [3.8, 4) is 0 Å². The molecule has 4 heteroatoms. The highest BCUT2D eigenvalue weighted by Gasteiger charge is 2.39. The summed E-state index contributed by atoms with van der Waals surface area (Å²) in [4.78, 5) is 14.4. The highest BCUT2D eigenvalue weighted by Crippen LogP contribution is 2.27. The van der Waals surface area contributed by atoms with Crippen molar-refractivity contribution in [2.75, 3.05) is 19.6 Å². The van der Waals surface area contributed by atoms with E-state index < -0.39 is 0 Å². The third-order valence-corrected chi connectivity index (χ3v) is 4.25. The van der Waals surface area contributed by atoms with Crippen LogP contribution in [-0.4, -0.2) is 36.5 Å². The van der Waals surface area contributed by atoms with E-state index in [0.29, 0.717) is 23.4 Å². The van der Waals surface area contributed by atoms with Gasteiger partial charge < -0.3 is 10.2 Å². The lowest BCUT2D eigenvalue weighted by Crippen LogP contribution is -2.39. The quantitative estimate of drug-likeness (QED) is 0.882. The van der Waals surface area contributed by atoms with Gasteiger partial charge in [-0.2, -0.15) is 0 Å². The molecule has 0 radical (unpaired) electrons. The summed E-state index contributed by atoms with van der Waals surface area (Å²) in [5, 5.41) is 4.06. The topological polar surface area (TPSA) is 32.3 Å². The molecule has 96 valence electrons. The summed E-state index contributed by atoms with van der Waals surface area (Å²) in [6.45, 7) is 2.92. The Kier molecular flexibility index (Phi) is 3.27. The number of likely N-dealkylation sites (tertiary alicyclic amines) is 1. The van der Waals surface area contributed by atoms with Crippen molar-refractivity contribution in [1.29, 1.82) is 0 Å². The maximum atomic E-state index is 12.3. The molecule has 18 heavy (non-hydrogen) atoms. The van der Waals surface area contributed by atoms with Gasteiger partial charge in [0.2, 0.25) is 5.91 Å². The van der Waals surface area contributed by atoms with Gasteiger partial charge in [0.1, 0.15) is 0 Å². The first-order chi connectivity index (χ1) is 8.74. The Bertz CT molecular complexity index is 463. The van der Waals surface area contributed by atoms with Crippen molar-refractivity contribution in [1.82, 2.24) is 10.2 Å². The van der Waals surface area contributed by atoms with E-state index in [1.807, 2.05) is 29.2 Å². The number of amides is 1. The van der Waals surface area contributed by atoms with Gasteiger partial charge in [-0.15, -0.1) is 0 Å². The number of carbonyl (C=O) groups excluding carboxylic acids is 1. The number of hydrogen-bond donors (Lipinski definition) is 1. The first-order valence-corrected chi connectivity index (χ1v) is 6.86. The highest BCUT2D eigenvalue weighted by molar-refractivity contribution is 6.30. The zero-order chi connectivity index (χ0) is 12.5. The molecule has 1 N–H and O–H groups in total. The van der Waals surface area contributed by atoms with Crippen LogP contribution in [-0.2, 0) is 11.2 Å². The van der Waals surface area contributed by atoms with Gasteiger partial charge in [0.15, 0.2) is 0 Å². The van der Waals surface area contributed by atoms with Gasteiger partial charge in [-0.05, 0) is 30.0 Å². The lowest BCUT2D eigenvalue weighted by molar-refractivity contribution is -0.131. The molecule has 2 atom stereocenters. The summed E-state index contributed by atoms with van der Waals surface area (Å²) >= 11 is 5.94. The fourth-order valence-corrected chi connectivity index (χ4v) is 3.29. The normalized spacial score (nSPS) is 26.4. The van der Waals surface area contributed by atoms with Gasteiger partial charge in [0, 0.05) is 30.7 Å². The third kappa shape index (κ3) is 2.25. The summed E-state index contributed by atoms with van der Waals surface area (Å²) in [5.41, 5.74) is 1.00. The lowest BCUT2D eigenvalue weighted by Gasteiger charge is -2.23. The van der Waals surface area contributed by atoms with Crippen molar-refractivity contribution in [2.24, 2.45) is 5.92 Å². The predicted molar refractivity (Wildman–Crippen MR) is 71.6 cm³/mol. The van der Waals surface area contributed by atoms with Crippen LogP contribution in [0.25, 0.3) is 0 Å². The van der Waals surface area contributed by atoms with Crippen molar-refractivity contribution in [3.05, 3.63) is 34.9 Å². The minimum Gasteiger partial charge on any atom is -0.338 e. The minimum absolute atomic E-state index is 0.230. The van der Waals surface area contributed by atoms with Gasteiger partial charge in [-0.3, -0.25) is 4.79 Å². The van der Waals surface area contributed by atoms with Crippen LogP contribution in [0, 0.1) is 5.92 Å². The molecule has 3 rings (SSSR count). The average molecular weight is 265 g/mol. The van der Waals surface area contributed by atoms with Crippen molar-refractivity contribution in [3.63, 3.8) is 0 Å². The standard InChI is InChI=1S/C14H17ClN2O/c15-12-3-1-2-10(6-12)7-14(18)17-5-4-11-8-16-9-13(11)17/h1-3,6,11,13,16H,4-5,7-9H2/t11-,13+/m0/s1. The number of rotatable bonds is 2. The Morgan fingerprint density at radius 2 is 2.33 bits per heavy atom. The molecule has 0 aromatic heterocycles. The Hall–Kier alpha value is -1.06. The fourth-order valence-electron chi connectivity index (χ4n) is 3.08. The number of nitrogens with zero attached hydrogens (tertiary/aromatic N) is 1. The summed E-state index contributed by atoms with van der Waals surface area (Å²) in [6, 6.07) is 7.98. The van der Waals surface area contributed by atoms with Gasteiger partial charge in [-0.25, -0.2) is 0 Å². The molecule has 2 heterocycles. The van der Waals surface area contributed by atoms with Crippen LogP contribution in [0.5, 0.6) is 0 Å². The van der Waals surface area contributed by atoms with E-state index in [4.69, 9.17) is 11.6 Å². The van der Waals surface area contributed by atoms with Crippen molar-refractivity contribution < 1.29 is 4.79 Å². The van der Waals surface area contributed by atoms with E-state index in [2.05, 4.69) is 5.32 Å². The van der Waals surface area contributed by atoms with Gasteiger partial charge in [0.05, 0.1) is 6.42 Å². The van der Waals surface area contributed by atoms with Gasteiger partial charge in [-0.1, -0.05) is 23.7 Å². The maximum Gasteiger partial charge on any atom is 0.227 e. The monoisotopic (exact) mass is 264 g/mol. The van der Waals surface area contributed by atoms with E-state index in [1.165, 1.54) is 0 Å². The SMILES string of the molecule is O=C(Cc1cccc(Cl)c1)N1CC[C@H]2CNC[C@H]21. The number of hydrogen-bond acceptors (Lipinski definition) is 2. The second-order valence-corrected chi connectivity index (χ2v) is 5.60. The van der Waals surface area contributed by atoms with E-state index in [-0.39, 0.29) is 5.91 Å². The first-order valence-electron chi connectivity index (χ1n) is 6.48. The number of carbonyl (C=O) groups is 1. The number of nitrogens with one attached hydrogen (secondary N) is 1. The second kappa shape index (κ2) is 4.90. The van der Waals surface area contributed by atoms with Crippen LogP contribution in [0.4, 0.5) is 0 Å². The van der Waals surface area contributed by atoms with Gasteiger partial charge in [0.25, 0.3) is 0 Å². The molecule has 0 unspecified atom stereocenters. The summed E-state index contributed by atoms with van der Waals surface area (Å²) in [6.07, 6.45) is 1.60. The van der Waals surface area contributed by atoms with Crippen molar-refractivity contribution in [2.45, 2.75) is 18.9 Å². The predicted octanol–water partition coefficient (Wildman–Crippen LogP) is 1.70. The van der Waals surface area contributed by atoms with Gasteiger partial charge >= 0.3 is 0 Å². The molecule has 2 saturated heterocycles. The summed E-state index contributed by atoms with van der Waals surface area (Å²) < 4.78 is 0. The van der Waals surface area contributed by atoms with Crippen LogP contribution >= 0.6 is 11.6 Å². The Morgan fingerprint density at radius 1 is 1.44 bits per heavy atom. The molecular weight excluding hydrogens is 248 g/mol. The third-order valence-electron chi connectivity index (χ3n) is 4.01. The molecule has 1 aromatic rings. The van der Waals surface area contributed by atoms with Crippen molar-refractivity contribution >= 4 is 17.5 Å². The number of fused-ring (bicyclic) bond motifs is 1. The summed E-state index contributed by atoms with van der Waals surface area (Å²) in [7, 11) is 0. The van der Waals surface area contributed by atoms with Crippen LogP contribution in [0.15, 0.2) is 24.3 Å². The molecule has 0 bridgehead atoms. The molecule has 0 saturated carbocycles. The lowest BCUT2D eigenvalue weighted by atomic mass is 10.0. The molecule has 2 aliphatic rings. The molecule has 0 aliphatic carbocycles. The van der Waals surface area contributed by atoms with E-state index in [0.717, 1.165) is 31.6 Å². The minimum atomic E-state index is 0.230. The zero-order valence-corrected chi connectivity index (χ0v) is 11.0. The van der Waals surface area contributed by atoms with Crippen LogP contribution in [0.1, 0.15) is 12.0 Å². The smallest absolute Gasteiger partial charge is 0.227 e. The molecule has 1 amide bonds. The highest BCUT2D eigenvalue weighted by atomic mass is 35.5. The Balaban J connectivity index is 1.68. The Labute approximate surface area is 112 Å². The number of benzene rings is 1. The fraction of sp³-hybridized carbons (Fsp3) is 0.500.